The van der Waals surface area contributed by atoms with Crippen LogP contribution in [0.4, 0.5) is 0 Å². The molecule has 0 saturated carbocycles. The lowest BCUT2D eigenvalue weighted by Gasteiger charge is -2.20. The second-order valence-corrected chi connectivity index (χ2v) is 9.29. The van der Waals surface area contributed by atoms with Crippen LogP contribution in [0.2, 0.25) is 0 Å². The summed E-state index contributed by atoms with van der Waals surface area (Å²) in [6.45, 7) is 2.20. The van der Waals surface area contributed by atoms with Crippen LogP contribution in [0, 0.1) is 6.92 Å². The second-order valence-electron chi connectivity index (χ2n) is 7.53. The van der Waals surface area contributed by atoms with Crippen LogP contribution in [-0.4, -0.2) is 15.0 Å². The third-order valence-electron chi connectivity index (χ3n) is 5.20. The smallest absolute Gasteiger partial charge is 0.240 e. The van der Waals surface area contributed by atoms with Crippen LogP contribution in [0.5, 0.6) is 5.75 Å². The molecule has 0 aliphatic heterocycles. The summed E-state index contributed by atoms with van der Waals surface area (Å²) in [5.41, 5.74) is 2.03. The number of hydrogen-bond donors (Lipinski definition) is 1. The highest BCUT2D eigenvalue weighted by Gasteiger charge is 2.17. The van der Waals surface area contributed by atoms with Crippen molar-refractivity contribution >= 4 is 20.8 Å². The Hall–Kier alpha value is -3.15. The van der Waals surface area contributed by atoms with Gasteiger partial charge in [-0.3, -0.25) is 0 Å². The van der Waals surface area contributed by atoms with Gasteiger partial charge in [0, 0.05) is 13.0 Å². The fraction of sp³-hybridized carbons (Fsp3) is 0.154. The average molecular weight is 432 g/mol. The number of sulfonamides is 1. The summed E-state index contributed by atoms with van der Waals surface area (Å²) in [6.07, 6.45) is 0.227. The number of hydrogen-bond acceptors (Lipinski definition) is 3. The first-order valence-corrected chi connectivity index (χ1v) is 11.8. The third-order valence-corrected chi connectivity index (χ3v) is 6.68. The number of benzene rings is 4. The van der Waals surface area contributed by atoms with Gasteiger partial charge in [0.1, 0.15) is 11.9 Å². The van der Waals surface area contributed by atoms with Crippen molar-refractivity contribution in [3.05, 3.63) is 108 Å². The van der Waals surface area contributed by atoms with Crippen LogP contribution < -0.4 is 9.46 Å². The van der Waals surface area contributed by atoms with Gasteiger partial charge in [0.15, 0.2) is 0 Å². The molecule has 4 rings (SSSR count). The summed E-state index contributed by atoms with van der Waals surface area (Å²) >= 11 is 0. The molecule has 0 bridgehead atoms. The lowest BCUT2D eigenvalue weighted by molar-refractivity contribution is 0.196. The maximum absolute atomic E-state index is 12.6. The van der Waals surface area contributed by atoms with Gasteiger partial charge in [-0.05, 0) is 47.5 Å². The zero-order chi connectivity index (χ0) is 21.7. The first kappa shape index (κ1) is 21.1. The monoisotopic (exact) mass is 431 g/mol. The summed E-state index contributed by atoms with van der Waals surface area (Å²) in [7, 11) is -3.56. The Morgan fingerprint density at radius 1 is 0.806 bits per heavy atom. The molecule has 0 spiro atoms. The van der Waals surface area contributed by atoms with E-state index in [2.05, 4.69) is 16.9 Å². The molecular weight excluding hydrogens is 406 g/mol. The molecule has 0 amide bonds. The van der Waals surface area contributed by atoms with Crippen LogP contribution >= 0.6 is 0 Å². The second kappa shape index (κ2) is 9.33. The summed E-state index contributed by atoms with van der Waals surface area (Å²) in [5.74, 6) is 0.758. The van der Waals surface area contributed by atoms with Gasteiger partial charge in [-0.25, -0.2) is 13.1 Å². The topological polar surface area (TPSA) is 55.4 Å². The maximum atomic E-state index is 12.6. The average Bonchev–Trinajstić information content (AvgIpc) is 2.79. The Labute approximate surface area is 183 Å². The van der Waals surface area contributed by atoms with E-state index < -0.39 is 10.0 Å². The van der Waals surface area contributed by atoms with Gasteiger partial charge >= 0.3 is 0 Å². The van der Waals surface area contributed by atoms with E-state index in [4.69, 9.17) is 4.74 Å². The van der Waals surface area contributed by atoms with E-state index in [9.17, 15) is 8.42 Å². The van der Waals surface area contributed by atoms with E-state index in [1.54, 1.807) is 24.3 Å². The molecule has 0 heterocycles. The van der Waals surface area contributed by atoms with Crippen molar-refractivity contribution in [2.75, 3.05) is 6.54 Å². The SMILES string of the molecule is Cc1ccc(S(=O)(=O)NCCC(Oc2ccc3ccccc3c2)c2ccccc2)cc1. The maximum Gasteiger partial charge on any atom is 0.240 e. The highest BCUT2D eigenvalue weighted by Crippen LogP contribution is 2.27. The van der Waals surface area contributed by atoms with Gasteiger partial charge in [0.25, 0.3) is 0 Å². The normalized spacial score (nSPS) is 12.5. The number of nitrogens with one attached hydrogen (secondary N) is 1. The van der Waals surface area contributed by atoms with E-state index in [0.717, 1.165) is 27.6 Å². The molecule has 0 radical (unpaired) electrons. The van der Waals surface area contributed by atoms with Crippen molar-refractivity contribution < 1.29 is 13.2 Å². The van der Waals surface area contributed by atoms with Crippen molar-refractivity contribution in [1.82, 2.24) is 4.72 Å². The minimum Gasteiger partial charge on any atom is -0.486 e. The molecule has 4 aromatic rings. The van der Waals surface area contributed by atoms with Crippen molar-refractivity contribution in [2.45, 2.75) is 24.3 Å². The molecular formula is C26H25NO3S. The predicted octanol–water partition coefficient (Wildman–Crippen LogP) is 5.64. The molecule has 4 aromatic carbocycles. The molecule has 1 atom stereocenters. The number of fused-ring (bicyclic) bond motifs is 1. The van der Waals surface area contributed by atoms with Crippen LogP contribution in [0.25, 0.3) is 10.8 Å². The standard InChI is InChI=1S/C26H25NO3S/c1-20-11-15-25(16-12-20)31(28,29)27-18-17-26(22-8-3-2-4-9-22)30-24-14-13-21-7-5-6-10-23(21)19-24/h2-16,19,26-27H,17-18H2,1H3. The van der Waals surface area contributed by atoms with Crippen molar-refractivity contribution in [3.63, 3.8) is 0 Å². The van der Waals surface area contributed by atoms with E-state index in [-0.39, 0.29) is 17.5 Å². The van der Waals surface area contributed by atoms with Crippen molar-refractivity contribution in [3.8, 4) is 5.75 Å². The Balaban J connectivity index is 1.49. The summed E-state index contributed by atoms with van der Waals surface area (Å²) in [6, 6.07) is 30.8. The molecule has 0 fully saturated rings. The Morgan fingerprint density at radius 3 is 2.23 bits per heavy atom. The lowest BCUT2D eigenvalue weighted by atomic mass is 10.1. The summed E-state index contributed by atoms with van der Waals surface area (Å²) < 4.78 is 34.2. The zero-order valence-corrected chi connectivity index (χ0v) is 18.2. The predicted molar refractivity (Wildman–Crippen MR) is 125 cm³/mol. The molecule has 0 aromatic heterocycles. The number of ether oxygens (including phenoxy) is 1. The first-order chi connectivity index (χ1) is 15.0. The fourth-order valence-electron chi connectivity index (χ4n) is 3.49. The molecule has 4 nitrogen and oxygen atoms in total. The number of rotatable bonds is 8. The summed E-state index contributed by atoms with van der Waals surface area (Å²) in [4.78, 5) is 0.268. The van der Waals surface area contributed by atoms with Crippen LogP contribution in [0.15, 0.2) is 102 Å². The van der Waals surface area contributed by atoms with E-state index in [1.165, 1.54) is 0 Å². The van der Waals surface area contributed by atoms with Gasteiger partial charge < -0.3 is 4.74 Å². The summed E-state index contributed by atoms with van der Waals surface area (Å²) in [5, 5.41) is 2.25. The van der Waals surface area contributed by atoms with E-state index >= 15 is 0 Å². The Kier molecular flexibility index (Phi) is 6.35. The van der Waals surface area contributed by atoms with Crippen LogP contribution in [0.1, 0.15) is 23.7 Å². The van der Waals surface area contributed by atoms with Crippen LogP contribution in [-0.2, 0) is 10.0 Å². The largest absolute Gasteiger partial charge is 0.486 e. The highest BCUT2D eigenvalue weighted by molar-refractivity contribution is 7.89. The highest BCUT2D eigenvalue weighted by atomic mass is 32.2. The van der Waals surface area contributed by atoms with Gasteiger partial charge in [0.2, 0.25) is 10.0 Å². The minimum atomic E-state index is -3.56. The lowest BCUT2D eigenvalue weighted by Crippen LogP contribution is -2.26. The van der Waals surface area contributed by atoms with Gasteiger partial charge in [-0.2, -0.15) is 0 Å². The Morgan fingerprint density at radius 2 is 1.48 bits per heavy atom. The third kappa shape index (κ3) is 5.32. The first-order valence-electron chi connectivity index (χ1n) is 10.3. The molecule has 1 unspecified atom stereocenters. The molecule has 31 heavy (non-hydrogen) atoms. The van der Waals surface area contributed by atoms with Crippen molar-refractivity contribution in [2.24, 2.45) is 0 Å². The van der Waals surface area contributed by atoms with E-state index in [0.29, 0.717) is 6.42 Å². The molecule has 0 saturated heterocycles. The van der Waals surface area contributed by atoms with Gasteiger partial charge in [-0.15, -0.1) is 0 Å². The molecule has 158 valence electrons. The van der Waals surface area contributed by atoms with Crippen LogP contribution in [0.3, 0.4) is 0 Å². The molecule has 0 aliphatic rings. The molecule has 1 N–H and O–H groups in total. The fourth-order valence-corrected chi connectivity index (χ4v) is 4.54. The Bertz CT molecular complexity index is 1250. The quantitative estimate of drug-likeness (QED) is 0.393. The van der Waals surface area contributed by atoms with Gasteiger partial charge in [0.05, 0.1) is 4.90 Å². The minimum absolute atomic E-state index is 0.267. The molecule has 5 heteroatoms. The van der Waals surface area contributed by atoms with Crippen molar-refractivity contribution in [1.29, 1.82) is 0 Å². The number of aryl methyl sites for hydroxylation is 1. The molecule has 0 aliphatic carbocycles. The van der Waals surface area contributed by atoms with E-state index in [1.807, 2.05) is 67.6 Å². The zero-order valence-electron chi connectivity index (χ0n) is 17.4. The van der Waals surface area contributed by atoms with Gasteiger partial charge in [-0.1, -0.05) is 78.4 Å².